The average Bonchev–Trinajstić information content (AvgIpc) is 3.01. The smallest absolute Gasteiger partial charge is 0.125 e. The topological polar surface area (TPSA) is 182 Å². The first-order chi connectivity index (χ1) is 16.9. The summed E-state index contributed by atoms with van der Waals surface area (Å²) in [5.41, 5.74) is -9.28. The highest BCUT2D eigenvalue weighted by molar-refractivity contribution is 5.31. The van der Waals surface area contributed by atoms with Gasteiger partial charge in [0.2, 0.25) is 0 Å². The molecule has 0 unspecified atom stereocenters. The highest BCUT2D eigenvalue weighted by atomic mass is 16.4. The van der Waals surface area contributed by atoms with Gasteiger partial charge in [-0.1, -0.05) is 32.9 Å². The number of allylic oxidation sites excluding steroid dienone is 1. The molecule has 0 amide bonds. The van der Waals surface area contributed by atoms with Crippen molar-refractivity contribution in [3.8, 4) is 0 Å². The molecular formula is C28H48O9. The predicted octanol–water partition coefficient (Wildman–Crippen LogP) is -0.165. The molecule has 37 heavy (non-hydrogen) atoms. The van der Waals surface area contributed by atoms with E-state index in [4.69, 9.17) is 0 Å². The van der Waals surface area contributed by atoms with Crippen LogP contribution in [-0.2, 0) is 0 Å². The molecule has 13 atom stereocenters. The van der Waals surface area contributed by atoms with E-state index in [0.717, 1.165) is 0 Å². The second-order valence-corrected chi connectivity index (χ2v) is 13.8. The van der Waals surface area contributed by atoms with Crippen molar-refractivity contribution in [1.29, 1.82) is 0 Å². The number of fused-ring (bicyclic) bond motifs is 5. The molecule has 4 rings (SSSR count). The third kappa shape index (κ3) is 3.62. The monoisotopic (exact) mass is 528 g/mol. The fourth-order valence-corrected chi connectivity index (χ4v) is 9.26. The number of aliphatic hydroxyl groups is 9. The Morgan fingerprint density at radius 3 is 2.08 bits per heavy atom. The van der Waals surface area contributed by atoms with Gasteiger partial charge in [0.15, 0.2) is 0 Å². The third-order valence-electron chi connectivity index (χ3n) is 11.7. The molecule has 4 aliphatic carbocycles. The summed E-state index contributed by atoms with van der Waals surface area (Å²) < 4.78 is 0. The van der Waals surface area contributed by atoms with E-state index >= 15 is 0 Å². The Morgan fingerprint density at radius 1 is 0.919 bits per heavy atom. The van der Waals surface area contributed by atoms with E-state index in [1.54, 1.807) is 26.8 Å². The number of aliphatic hydroxyl groups excluding tert-OH is 5. The van der Waals surface area contributed by atoms with Gasteiger partial charge in [0.05, 0.1) is 30.5 Å². The van der Waals surface area contributed by atoms with Crippen LogP contribution in [0.4, 0.5) is 0 Å². The zero-order valence-corrected chi connectivity index (χ0v) is 22.7. The number of rotatable bonds is 5. The Hall–Kier alpha value is -0.620. The maximum Gasteiger partial charge on any atom is 0.125 e. The van der Waals surface area contributed by atoms with Gasteiger partial charge in [-0.15, -0.1) is 0 Å². The SMILES string of the molecule is C[C@H](/C=C/[C@@H](CO)C(C)(C)O)[C@H]1C[C@H](O)[C@]2(O)[C@]1(C)CC[C@@H]1[C@@]3(C)CC[C@H](O)[C@H](O)[C@]3(O)[C@@H](O)C[C@]12O. The first-order valence-electron chi connectivity index (χ1n) is 13.8. The second-order valence-electron chi connectivity index (χ2n) is 13.8. The summed E-state index contributed by atoms with van der Waals surface area (Å²) in [6.45, 7) is 8.52. The zero-order valence-electron chi connectivity index (χ0n) is 22.7. The van der Waals surface area contributed by atoms with E-state index in [9.17, 15) is 46.0 Å². The molecule has 4 saturated carbocycles. The molecule has 9 N–H and O–H groups in total. The Bertz CT molecular complexity index is 905. The van der Waals surface area contributed by atoms with Crippen molar-refractivity contribution in [1.82, 2.24) is 0 Å². The molecule has 0 heterocycles. The number of hydrogen-bond acceptors (Lipinski definition) is 9. The lowest BCUT2D eigenvalue weighted by molar-refractivity contribution is -0.372. The van der Waals surface area contributed by atoms with E-state index < -0.39 is 75.9 Å². The maximum absolute atomic E-state index is 12.4. The first-order valence-corrected chi connectivity index (χ1v) is 13.8. The Labute approximate surface area is 219 Å². The van der Waals surface area contributed by atoms with Crippen molar-refractivity contribution in [3.63, 3.8) is 0 Å². The molecule has 0 saturated heterocycles. The molecule has 0 radical (unpaired) electrons. The summed E-state index contributed by atoms with van der Waals surface area (Å²) in [7, 11) is 0. The van der Waals surface area contributed by atoms with Gasteiger partial charge < -0.3 is 46.0 Å². The molecule has 0 spiro atoms. The van der Waals surface area contributed by atoms with Crippen LogP contribution in [-0.4, -0.2) is 99.4 Å². The third-order valence-corrected chi connectivity index (χ3v) is 11.7. The Kier molecular flexibility index (Phi) is 7.10. The van der Waals surface area contributed by atoms with Gasteiger partial charge in [-0.3, -0.25) is 0 Å². The fourth-order valence-electron chi connectivity index (χ4n) is 9.26. The van der Waals surface area contributed by atoms with Crippen LogP contribution >= 0.6 is 0 Å². The predicted molar refractivity (Wildman–Crippen MR) is 135 cm³/mol. The van der Waals surface area contributed by atoms with Crippen LogP contribution < -0.4 is 0 Å². The van der Waals surface area contributed by atoms with Crippen LogP contribution in [0, 0.1) is 34.5 Å². The van der Waals surface area contributed by atoms with Crippen molar-refractivity contribution in [3.05, 3.63) is 12.2 Å². The van der Waals surface area contributed by atoms with Gasteiger partial charge in [-0.05, 0) is 63.7 Å². The summed E-state index contributed by atoms with van der Waals surface area (Å²) in [5, 5.41) is 100. The van der Waals surface area contributed by atoms with Crippen molar-refractivity contribution in [2.24, 2.45) is 34.5 Å². The van der Waals surface area contributed by atoms with Crippen LogP contribution in [0.25, 0.3) is 0 Å². The number of hydrogen-bond donors (Lipinski definition) is 9. The lowest BCUT2D eigenvalue weighted by Gasteiger charge is -2.71. The molecule has 4 fully saturated rings. The van der Waals surface area contributed by atoms with Crippen LogP contribution in [0.1, 0.15) is 73.1 Å². The molecule has 9 heteroatoms. The van der Waals surface area contributed by atoms with Gasteiger partial charge >= 0.3 is 0 Å². The van der Waals surface area contributed by atoms with Gasteiger partial charge in [-0.2, -0.15) is 0 Å². The lowest BCUT2D eigenvalue weighted by atomic mass is 9.38. The summed E-state index contributed by atoms with van der Waals surface area (Å²) in [4.78, 5) is 0. The van der Waals surface area contributed by atoms with E-state index in [1.165, 1.54) is 0 Å². The molecule has 9 nitrogen and oxygen atoms in total. The molecule has 0 aromatic heterocycles. The largest absolute Gasteiger partial charge is 0.396 e. The van der Waals surface area contributed by atoms with Gasteiger partial charge in [-0.25, -0.2) is 0 Å². The van der Waals surface area contributed by atoms with E-state index in [-0.39, 0.29) is 37.7 Å². The summed E-state index contributed by atoms with van der Waals surface area (Å²) in [6, 6.07) is 0. The molecule has 0 bridgehead atoms. The second kappa shape index (κ2) is 8.94. The van der Waals surface area contributed by atoms with Crippen molar-refractivity contribution in [2.75, 3.05) is 6.61 Å². The van der Waals surface area contributed by atoms with Gasteiger partial charge in [0.1, 0.15) is 22.9 Å². The molecule has 0 aromatic rings. The zero-order chi connectivity index (χ0) is 28.0. The Balaban J connectivity index is 1.73. The van der Waals surface area contributed by atoms with Crippen molar-refractivity contribution in [2.45, 2.75) is 120 Å². The molecule has 214 valence electrons. The van der Waals surface area contributed by atoms with Crippen molar-refractivity contribution < 1.29 is 46.0 Å². The minimum absolute atomic E-state index is 0.169. The minimum Gasteiger partial charge on any atom is -0.396 e. The fraction of sp³-hybridized carbons (Fsp3) is 0.929. The van der Waals surface area contributed by atoms with Crippen LogP contribution in [0.2, 0.25) is 0 Å². The Morgan fingerprint density at radius 2 is 1.51 bits per heavy atom. The van der Waals surface area contributed by atoms with Crippen LogP contribution in [0.15, 0.2) is 12.2 Å². The van der Waals surface area contributed by atoms with E-state index in [2.05, 4.69) is 0 Å². The summed E-state index contributed by atoms with van der Waals surface area (Å²) in [5.74, 6) is -1.65. The highest BCUT2D eigenvalue weighted by Crippen LogP contribution is 2.72. The van der Waals surface area contributed by atoms with Gasteiger partial charge in [0.25, 0.3) is 0 Å². The molecular weight excluding hydrogens is 480 g/mol. The van der Waals surface area contributed by atoms with Crippen molar-refractivity contribution >= 4 is 0 Å². The van der Waals surface area contributed by atoms with E-state index in [0.29, 0.717) is 12.8 Å². The summed E-state index contributed by atoms with van der Waals surface area (Å²) >= 11 is 0. The molecule has 0 aliphatic heterocycles. The highest BCUT2D eigenvalue weighted by Gasteiger charge is 2.81. The average molecular weight is 529 g/mol. The maximum atomic E-state index is 12.4. The summed E-state index contributed by atoms with van der Waals surface area (Å²) in [6.07, 6.45) is -1.09. The van der Waals surface area contributed by atoms with E-state index in [1.807, 2.05) is 19.9 Å². The normalized spacial score (nSPS) is 53.9. The minimum atomic E-state index is -2.07. The molecule has 4 aliphatic rings. The first kappa shape index (κ1) is 29.4. The molecule has 0 aromatic carbocycles. The lowest BCUT2D eigenvalue weighted by Crippen LogP contribution is -2.83. The van der Waals surface area contributed by atoms with Crippen LogP contribution in [0.3, 0.4) is 0 Å². The van der Waals surface area contributed by atoms with Crippen LogP contribution in [0.5, 0.6) is 0 Å². The standard InChI is InChI=1S/C28H48O9/c1-15(6-7-16(14-29)23(2,3)34)17-12-20(31)28(37)24(17,4)11-9-19-25(5)10-8-18(30)22(33)27(25,36)21(32)13-26(19,28)35/h6-7,15-22,29-37H,8-14H2,1-5H3/b7-6+/t15-,16+,17-,18+,19-,20+,21+,22+,24-,25-,26+,27-,28+/m1/s1. The quantitative estimate of drug-likeness (QED) is 0.219. The van der Waals surface area contributed by atoms with Gasteiger partial charge in [0, 0.05) is 23.2 Å².